The van der Waals surface area contributed by atoms with Crippen LogP contribution in [0.5, 0.6) is 5.75 Å². The maximum Gasteiger partial charge on any atom is 0.126 e. The minimum absolute atomic E-state index is 0.0797. The van der Waals surface area contributed by atoms with Crippen molar-refractivity contribution in [2.24, 2.45) is 0 Å². The van der Waals surface area contributed by atoms with Crippen LogP contribution in [0.2, 0.25) is 5.02 Å². The lowest BCUT2D eigenvalue weighted by Gasteiger charge is -2.26. The first-order valence-electron chi connectivity index (χ1n) is 5.30. The average Bonchev–Trinajstić information content (AvgIpc) is 2.24. The minimum atomic E-state index is -0.311. The Hall–Kier alpha value is -0.730. The fourth-order valence-corrected chi connectivity index (χ4v) is 2.14. The summed E-state index contributed by atoms with van der Waals surface area (Å²) in [4.78, 5) is 0. The van der Waals surface area contributed by atoms with Crippen molar-refractivity contribution < 1.29 is 9.84 Å². The molecule has 90 valence electrons. The predicted molar refractivity (Wildman–Crippen MR) is 67.6 cm³/mol. The lowest BCUT2D eigenvalue weighted by Crippen LogP contribution is -2.23. The first-order valence-corrected chi connectivity index (χ1v) is 5.68. The number of rotatable bonds is 3. The third kappa shape index (κ3) is 2.18. The smallest absolute Gasteiger partial charge is 0.126 e. The molecule has 1 rings (SSSR count). The quantitative estimate of drug-likeness (QED) is 0.882. The Labute approximate surface area is 102 Å². The third-order valence-electron chi connectivity index (χ3n) is 3.04. The van der Waals surface area contributed by atoms with Gasteiger partial charge in [0.25, 0.3) is 0 Å². The highest BCUT2D eigenvalue weighted by Crippen LogP contribution is 2.37. The zero-order valence-electron chi connectivity index (χ0n) is 10.5. The van der Waals surface area contributed by atoms with Gasteiger partial charge in [-0.15, -0.1) is 0 Å². The highest BCUT2D eigenvalue weighted by Gasteiger charge is 2.25. The van der Waals surface area contributed by atoms with Gasteiger partial charge in [-0.3, -0.25) is 0 Å². The van der Waals surface area contributed by atoms with E-state index in [0.29, 0.717) is 5.02 Å². The monoisotopic (exact) mass is 242 g/mol. The molecule has 0 unspecified atom stereocenters. The van der Waals surface area contributed by atoms with E-state index in [4.69, 9.17) is 16.3 Å². The predicted octanol–water partition coefficient (Wildman–Crippen LogP) is 3.24. The van der Waals surface area contributed by atoms with E-state index < -0.39 is 0 Å². The van der Waals surface area contributed by atoms with Crippen LogP contribution in [-0.2, 0) is 5.41 Å². The molecule has 0 saturated carbocycles. The Kier molecular flexibility index (Phi) is 3.87. The summed E-state index contributed by atoms with van der Waals surface area (Å²) in [6.45, 7) is 7.98. The van der Waals surface area contributed by atoms with Crippen LogP contribution in [0.15, 0.2) is 6.07 Å². The SMILES string of the molecule is COc1c(C)c(Cl)cc(C(C)(C)CO)c1C. The van der Waals surface area contributed by atoms with E-state index in [1.54, 1.807) is 7.11 Å². The van der Waals surface area contributed by atoms with Crippen LogP contribution in [0.3, 0.4) is 0 Å². The topological polar surface area (TPSA) is 29.5 Å². The number of hydrogen-bond acceptors (Lipinski definition) is 2. The summed E-state index contributed by atoms with van der Waals surface area (Å²) in [7, 11) is 1.64. The van der Waals surface area contributed by atoms with Gasteiger partial charge in [0.05, 0.1) is 13.7 Å². The summed E-state index contributed by atoms with van der Waals surface area (Å²) in [6.07, 6.45) is 0. The molecule has 0 amide bonds. The number of aliphatic hydroxyl groups is 1. The fraction of sp³-hybridized carbons (Fsp3) is 0.538. The van der Waals surface area contributed by atoms with Gasteiger partial charge in [0.2, 0.25) is 0 Å². The van der Waals surface area contributed by atoms with Crippen molar-refractivity contribution in [1.82, 2.24) is 0 Å². The second kappa shape index (κ2) is 4.64. The lowest BCUT2D eigenvalue weighted by molar-refractivity contribution is 0.217. The number of benzene rings is 1. The van der Waals surface area contributed by atoms with Crippen molar-refractivity contribution in [3.8, 4) is 5.75 Å². The van der Waals surface area contributed by atoms with Crippen LogP contribution in [0.4, 0.5) is 0 Å². The van der Waals surface area contributed by atoms with Crippen LogP contribution < -0.4 is 4.74 Å². The van der Waals surface area contributed by atoms with E-state index in [2.05, 4.69) is 0 Å². The van der Waals surface area contributed by atoms with Gasteiger partial charge in [0, 0.05) is 16.0 Å². The van der Waals surface area contributed by atoms with Crippen LogP contribution in [0.25, 0.3) is 0 Å². The molecule has 2 nitrogen and oxygen atoms in total. The maximum absolute atomic E-state index is 9.41. The first kappa shape index (κ1) is 13.3. The van der Waals surface area contributed by atoms with E-state index in [1.807, 2.05) is 33.8 Å². The Morgan fingerprint density at radius 1 is 1.31 bits per heavy atom. The van der Waals surface area contributed by atoms with Gasteiger partial charge >= 0.3 is 0 Å². The zero-order valence-corrected chi connectivity index (χ0v) is 11.3. The van der Waals surface area contributed by atoms with Gasteiger partial charge in [-0.1, -0.05) is 25.4 Å². The van der Waals surface area contributed by atoms with Gasteiger partial charge in [-0.25, -0.2) is 0 Å². The van der Waals surface area contributed by atoms with Crippen molar-refractivity contribution >= 4 is 11.6 Å². The summed E-state index contributed by atoms with van der Waals surface area (Å²) in [5, 5.41) is 10.1. The molecule has 0 saturated heterocycles. The molecule has 1 aromatic rings. The summed E-state index contributed by atoms with van der Waals surface area (Å²) >= 11 is 6.17. The second-order valence-corrected chi connectivity index (χ2v) is 5.14. The first-order chi connectivity index (χ1) is 7.35. The van der Waals surface area contributed by atoms with Crippen LogP contribution in [0.1, 0.15) is 30.5 Å². The number of hydrogen-bond donors (Lipinski definition) is 1. The van der Waals surface area contributed by atoms with Crippen molar-refractivity contribution in [2.45, 2.75) is 33.1 Å². The Balaban J connectivity index is 3.49. The van der Waals surface area contributed by atoms with Crippen molar-refractivity contribution in [3.05, 3.63) is 27.8 Å². The summed E-state index contributed by atoms with van der Waals surface area (Å²) < 4.78 is 5.37. The number of methoxy groups -OCH3 is 1. The Bertz CT molecular complexity index is 397. The summed E-state index contributed by atoms with van der Waals surface area (Å²) in [5.74, 6) is 0.809. The minimum Gasteiger partial charge on any atom is -0.496 e. The molecule has 0 radical (unpaired) electrons. The summed E-state index contributed by atoms with van der Waals surface area (Å²) in [5.41, 5.74) is 2.71. The standard InChI is InChI=1S/C13H19ClO2/c1-8-10(13(3,4)7-15)6-11(14)9(2)12(8)16-5/h6,15H,7H2,1-5H3. The van der Waals surface area contributed by atoms with E-state index in [9.17, 15) is 5.11 Å². The second-order valence-electron chi connectivity index (χ2n) is 4.73. The van der Waals surface area contributed by atoms with Gasteiger partial charge < -0.3 is 9.84 Å². The van der Waals surface area contributed by atoms with Crippen LogP contribution in [0, 0.1) is 13.8 Å². The molecule has 0 aromatic heterocycles. The van der Waals surface area contributed by atoms with Crippen LogP contribution >= 0.6 is 11.6 Å². The van der Waals surface area contributed by atoms with E-state index in [-0.39, 0.29) is 12.0 Å². The molecule has 0 spiro atoms. The molecule has 1 aromatic carbocycles. The molecular weight excluding hydrogens is 224 g/mol. The van der Waals surface area contributed by atoms with E-state index in [0.717, 1.165) is 22.4 Å². The molecule has 0 heterocycles. The van der Waals surface area contributed by atoms with Gasteiger partial charge in [0.1, 0.15) is 5.75 Å². The van der Waals surface area contributed by atoms with Crippen molar-refractivity contribution in [2.75, 3.05) is 13.7 Å². The molecule has 3 heteroatoms. The highest BCUT2D eigenvalue weighted by atomic mass is 35.5. The van der Waals surface area contributed by atoms with Crippen LogP contribution in [-0.4, -0.2) is 18.8 Å². The number of ether oxygens (including phenoxy) is 1. The van der Waals surface area contributed by atoms with E-state index in [1.165, 1.54) is 0 Å². The molecule has 0 bridgehead atoms. The van der Waals surface area contributed by atoms with Gasteiger partial charge in [-0.05, 0) is 31.0 Å². The molecule has 0 aliphatic heterocycles. The molecule has 0 fully saturated rings. The maximum atomic E-state index is 9.41. The van der Waals surface area contributed by atoms with Crippen molar-refractivity contribution in [1.29, 1.82) is 0 Å². The fourth-order valence-electron chi connectivity index (χ4n) is 1.95. The zero-order chi connectivity index (χ0) is 12.5. The molecule has 16 heavy (non-hydrogen) atoms. The summed E-state index contributed by atoms with van der Waals surface area (Å²) in [6, 6.07) is 1.92. The number of aliphatic hydroxyl groups excluding tert-OH is 1. The van der Waals surface area contributed by atoms with Gasteiger partial charge in [-0.2, -0.15) is 0 Å². The third-order valence-corrected chi connectivity index (χ3v) is 3.44. The van der Waals surface area contributed by atoms with E-state index >= 15 is 0 Å². The average molecular weight is 243 g/mol. The highest BCUT2D eigenvalue weighted by molar-refractivity contribution is 6.31. The lowest BCUT2D eigenvalue weighted by atomic mass is 9.82. The molecule has 0 aliphatic carbocycles. The number of halogens is 1. The molecular formula is C13H19ClO2. The molecule has 0 aliphatic rings. The molecule has 1 N–H and O–H groups in total. The Morgan fingerprint density at radius 3 is 2.31 bits per heavy atom. The van der Waals surface area contributed by atoms with Crippen molar-refractivity contribution in [3.63, 3.8) is 0 Å². The Morgan fingerprint density at radius 2 is 1.88 bits per heavy atom. The normalized spacial score (nSPS) is 11.7. The largest absolute Gasteiger partial charge is 0.496 e. The van der Waals surface area contributed by atoms with Gasteiger partial charge in [0.15, 0.2) is 0 Å². The molecule has 0 atom stereocenters.